The highest BCUT2D eigenvalue weighted by atomic mass is 16.4. The lowest BCUT2D eigenvalue weighted by atomic mass is 10.1. The molecule has 4 nitrogen and oxygen atoms in total. The topological polar surface area (TPSA) is 46.3 Å². The van der Waals surface area contributed by atoms with Gasteiger partial charge in [-0.05, 0) is 50.1 Å². The van der Waals surface area contributed by atoms with Crippen molar-refractivity contribution in [1.82, 2.24) is 4.98 Å². The van der Waals surface area contributed by atoms with Gasteiger partial charge >= 0.3 is 5.63 Å². The molecule has 2 aromatic heterocycles. The van der Waals surface area contributed by atoms with Crippen LogP contribution in [0.2, 0.25) is 0 Å². The number of aryl methyl sites for hydroxylation is 1. The van der Waals surface area contributed by atoms with E-state index in [1.54, 1.807) is 6.20 Å². The standard InChI is InChI=1S/C21H24N2O2/c1-4-6-11-23(5-2)19-14-20-16(12-15(19)3)13-17(21(24)25-20)18-9-7-8-10-22-18/h7-10,12-14H,4-6,11H2,1-3H3. The SMILES string of the molecule is CCCCN(CC)c1cc2oc(=O)c(-c3ccccn3)cc2cc1C. The van der Waals surface area contributed by atoms with E-state index in [0.717, 1.165) is 37.0 Å². The van der Waals surface area contributed by atoms with Crippen molar-refractivity contribution < 1.29 is 4.42 Å². The van der Waals surface area contributed by atoms with Crippen LogP contribution >= 0.6 is 0 Å². The molecule has 0 aliphatic carbocycles. The molecule has 0 radical (unpaired) electrons. The molecule has 0 fully saturated rings. The molecule has 2 heterocycles. The number of benzene rings is 1. The minimum absolute atomic E-state index is 0.349. The van der Waals surface area contributed by atoms with Crippen LogP contribution in [-0.4, -0.2) is 18.1 Å². The van der Waals surface area contributed by atoms with Crippen LogP contribution < -0.4 is 10.5 Å². The van der Waals surface area contributed by atoms with Crippen molar-refractivity contribution in [3.8, 4) is 11.3 Å². The lowest BCUT2D eigenvalue weighted by molar-refractivity contribution is 0.563. The summed E-state index contributed by atoms with van der Waals surface area (Å²) in [5, 5.41) is 0.924. The Morgan fingerprint density at radius 3 is 2.68 bits per heavy atom. The Kier molecular flexibility index (Phi) is 5.17. The number of nitrogens with zero attached hydrogens (tertiary/aromatic N) is 2. The average molecular weight is 336 g/mol. The molecule has 130 valence electrons. The highest BCUT2D eigenvalue weighted by molar-refractivity contribution is 5.85. The van der Waals surface area contributed by atoms with Crippen LogP contribution in [0.3, 0.4) is 0 Å². The maximum atomic E-state index is 12.4. The molecule has 0 aliphatic rings. The summed E-state index contributed by atoms with van der Waals surface area (Å²) in [6.45, 7) is 8.39. The first-order chi connectivity index (χ1) is 12.1. The molecule has 1 aromatic carbocycles. The Bertz CT molecular complexity index is 916. The highest BCUT2D eigenvalue weighted by Gasteiger charge is 2.13. The second kappa shape index (κ2) is 7.51. The number of hydrogen-bond donors (Lipinski definition) is 0. The summed E-state index contributed by atoms with van der Waals surface area (Å²) in [5.74, 6) is 0. The van der Waals surface area contributed by atoms with Crippen LogP contribution in [-0.2, 0) is 0 Å². The summed E-state index contributed by atoms with van der Waals surface area (Å²) in [6.07, 6.45) is 3.99. The number of anilines is 1. The van der Waals surface area contributed by atoms with Crippen molar-refractivity contribution in [2.24, 2.45) is 0 Å². The van der Waals surface area contributed by atoms with Gasteiger partial charge in [-0.25, -0.2) is 4.79 Å². The number of fused-ring (bicyclic) bond motifs is 1. The van der Waals surface area contributed by atoms with Gasteiger partial charge in [0.2, 0.25) is 0 Å². The Morgan fingerprint density at radius 2 is 2.00 bits per heavy atom. The fourth-order valence-corrected chi connectivity index (χ4v) is 3.11. The molecule has 0 unspecified atom stereocenters. The van der Waals surface area contributed by atoms with E-state index in [9.17, 15) is 4.79 Å². The van der Waals surface area contributed by atoms with E-state index in [1.165, 1.54) is 5.56 Å². The normalized spacial score (nSPS) is 11.0. The predicted octanol–water partition coefficient (Wildman–Crippen LogP) is 4.79. The summed E-state index contributed by atoms with van der Waals surface area (Å²) < 4.78 is 5.62. The molecule has 0 spiro atoms. The molecule has 0 saturated carbocycles. The van der Waals surface area contributed by atoms with Crippen molar-refractivity contribution in [1.29, 1.82) is 0 Å². The molecule has 0 atom stereocenters. The highest BCUT2D eigenvalue weighted by Crippen LogP contribution is 2.28. The lowest BCUT2D eigenvalue weighted by Gasteiger charge is -2.25. The molecule has 0 amide bonds. The fourth-order valence-electron chi connectivity index (χ4n) is 3.11. The van der Waals surface area contributed by atoms with Crippen molar-refractivity contribution in [3.05, 3.63) is 58.6 Å². The molecular formula is C21H24N2O2. The monoisotopic (exact) mass is 336 g/mol. The zero-order chi connectivity index (χ0) is 17.8. The summed E-state index contributed by atoms with van der Waals surface area (Å²) in [4.78, 5) is 19.0. The van der Waals surface area contributed by atoms with Crippen LogP contribution in [0.25, 0.3) is 22.2 Å². The van der Waals surface area contributed by atoms with Gasteiger partial charge in [-0.15, -0.1) is 0 Å². The van der Waals surface area contributed by atoms with Crippen molar-refractivity contribution in [2.45, 2.75) is 33.6 Å². The Morgan fingerprint density at radius 1 is 1.16 bits per heavy atom. The molecule has 3 rings (SSSR count). The lowest BCUT2D eigenvalue weighted by Crippen LogP contribution is -2.24. The van der Waals surface area contributed by atoms with Crippen LogP contribution in [0.4, 0.5) is 5.69 Å². The average Bonchev–Trinajstić information content (AvgIpc) is 2.63. The number of unbranched alkanes of at least 4 members (excludes halogenated alkanes) is 1. The maximum absolute atomic E-state index is 12.4. The Balaban J connectivity index is 2.09. The van der Waals surface area contributed by atoms with Gasteiger partial charge in [-0.3, -0.25) is 4.98 Å². The third-order valence-electron chi connectivity index (χ3n) is 4.50. The number of aromatic nitrogens is 1. The molecule has 25 heavy (non-hydrogen) atoms. The zero-order valence-corrected chi connectivity index (χ0v) is 15.1. The summed E-state index contributed by atoms with van der Waals surface area (Å²) in [5.41, 5.74) is 3.73. The fraction of sp³-hybridized carbons (Fsp3) is 0.333. The van der Waals surface area contributed by atoms with Crippen LogP contribution in [0.5, 0.6) is 0 Å². The maximum Gasteiger partial charge on any atom is 0.345 e. The predicted molar refractivity (Wildman–Crippen MR) is 103 cm³/mol. The number of rotatable bonds is 6. The summed E-state index contributed by atoms with van der Waals surface area (Å²) in [7, 11) is 0. The van der Waals surface area contributed by atoms with E-state index in [-0.39, 0.29) is 5.63 Å². The second-order valence-electron chi connectivity index (χ2n) is 6.27. The first-order valence-electron chi connectivity index (χ1n) is 8.89. The van der Waals surface area contributed by atoms with Crippen LogP contribution in [0.1, 0.15) is 32.3 Å². The number of hydrogen-bond acceptors (Lipinski definition) is 4. The zero-order valence-electron chi connectivity index (χ0n) is 15.1. The van der Waals surface area contributed by atoms with E-state index < -0.39 is 0 Å². The van der Waals surface area contributed by atoms with E-state index in [0.29, 0.717) is 16.8 Å². The van der Waals surface area contributed by atoms with Gasteiger partial charge < -0.3 is 9.32 Å². The van der Waals surface area contributed by atoms with Crippen LogP contribution in [0.15, 0.2) is 51.8 Å². The van der Waals surface area contributed by atoms with Crippen molar-refractivity contribution in [2.75, 3.05) is 18.0 Å². The molecule has 0 bridgehead atoms. The Hall–Kier alpha value is -2.62. The summed E-state index contributed by atoms with van der Waals surface area (Å²) >= 11 is 0. The van der Waals surface area contributed by atoms with Gasteiger partial charge in [-0.2, -0.15) is 0 Å². The van der Waals surface area contributed by atoms with Crippen LogP contribution in [0, 0.1) is 6.92 Å². The van der Waals surface area contributed by atoms with Gasteiger partial charge in [-0.1, -0.05) is 19.4 Å². The first kappa shape index (κ1) is 17.2. The third-order valence-corrected chi connectivity index (χ3v) is 4.50. The Labute approximate surface area is 148 Å². The van der Waals surface area contributed by atoms with Gasteiger partial charge in [0.05, 0.1) is 11.3 Å². The molecular weight excluding hydrogens is 312 g/mol. The third kappa shape index (κ3) is 3.58. The second-order valence-corrected chi connectivity index (χ2v) is 6.27. The van der Waals surface area contributed by atoms with Gasteiger partial charge in [0, 0.05) is 36.4 Å². The molecule has 0 N–H and O–H groups in total. The quantitative estimate of drug-likeness (QED) is 0.607. The van der Waals surface area contributed by atoms with Gasteiger partial charge in [0.1, 0.15) is 5.58 Å². The first-order valence-corrected chi connectivity index (χ1v) is 8.89. The van der Waals surface area contributed by atoms with E-state index in [4.69, 9.17) is 4.42 Å². The van der Waals surface area contributed by atoms with Gasteiger partial charge in [0.15, 0.2) is 0 Å². The summed E-state index contributed by atoms with van der Waals surface area (Å²) in [6, 6.07) is 11.5. The molecule has 4 heteroatoms. The van der Waals surface area contributed by atoms with Crippen molar-refractivity contribution >= 4 is 16.7 Å². The van der Waals surface area contributed by atoms with Crippen molar-refractivity contribution in [3.63, 3.8) is 0 Å². The van der Waals surface area contributed by atoms with Gasteiger partial charge in [0.25, 0.3) is 0 Å². The van der Waals surface area contributed by atoms with E-state index in [2.05, 4.69) is 36.7 Å². The largest absolute Gasteiger partial charge is 0.422 e. The minimum atomic E-state index is -0.349. The minimum Gasteiger partial charge on any atom is -0.422 e. The van der Waals surface area contributed by atoms with E-state index in [1.807, 2.05) is 30.3 Å². The number of pyridine rings is 1. The smallest absolute Gasteiger partial charge is 0.345 e. The molecule has 0 saturated heterocycles. The van der Waals surface area contributed by atoms with E-state index >= 15 is 0 Å². The molecule has 3 aromatic rings. The molecule has 0 aliphatic heterocycles.